The van der Waals surface area contributed by atoms with Crippen LogP contribution in [0.3, 0.4) is 0 Å². The van der Waals surface area contributed by atoms with Gasteiger partial charge in [0.05, 0.1) is 40.1 Å². The molecule has 2 aliphatic heterocycles. The Morgan fingerprint density at radius 3 is 2.74 bits per heavy atom. The molecular weight excluding hydrogens is 512 g/mol. The van der Waals surface area contributed by atoms with Crippen LogP contribution in [-0.2, 0) is 0 Å². The number of β-amino-alcohol motifs (C(OH)–C–C–N with tert-alkyl or cyclic N) is 1. The van der Waals surface area contributed by atoms with Gasteiger partial charge in [-0.3, -0.25) is 4.79 Å². The average Bonchev–Trinajstić information content (AvgIpc) is 3.65. The topological polar surface area (TPSA) is 73.1 Å². The van der Waals surface area contributed by atoms with Crippen LogP contribution in [0.5, 0.6) is 0 Å². The van der Waals surface area contributed by atoms with Crippen LogP contribution in [0.2, 0.25) is 5.02 Å². The summed E-state index contributed by atoms with van der Waals surface area (Å²) in [4.78, 5) is 17.3. The van der Waals surface area contributed by atoms with Crippen molar-refractivity contribution in [2.45, 2.75) is 31.4 Å². The van der Waals surface area contributed by atoms with E-state index in [1.807, 2.05) is 28.0 Å². The van der Waals surface area contributed by atoms with Gasteiger partial charge in [-0.05, 0) is 67.8 Å². The number of nitrogens with zero attached hydrogens (tertiary/aromatic N) is 4. The van der Waals surface area contributed by atoms with Crippen LogP contribution in [0, 0.1) is 11.6 Å². The number of amides is 1. The molecule has 1 amide bonds. The Morgan fingerprint density at radius 1 is 1.08 bits per heavy atom. The average molecular weight is 538 g/mol. The predicted octanol–water partition coefficient (Wildman–Crippen LogP) is 5.43. The number of carbonyl (C=O) groups is 1. The summed E-state index contributed by atoms with van der Waals surface area (Å²) in [6.07, 6.45) is 5.13. The summed E-state index contributed by atoms with van der Waals surface area (Å²) >= 11 is 6.49. The van der Waals surface area contributed by atoms with Gasteiger partial charge in [-0.15, -0.1) is 0 Å². The Morgan fingerprint density at radius 2 is 1.95 bits per heavy atom. The molecule has 6 rings (SSSR count). The molecule has 2 saturated heterocycles. The third kappa shape index (κ3) is 4.56. The Kier molecular flexibility index (Phi) is 6.41. The number of aliphatic hydroxyl groups is 1. The summed E-state index contributed by atoms with van der Waals surface area (Å²) in [6, 6.07) is 12.3. The first-order chi connectivity index (χ1) is 18.4. The van der Waals surface area contributed by atoms with Crippen molar-refractivity contribution >= 4 is 40.1 Å². The highest BCUT2D eigenvalue weighted by atomic mass is 35.5. The number of aliphatic hydroxyl groups excluding tert-OH is 1. The van der Waals surface area contributed by atoms with Gasteiger partial charge in [0, 0.05) is 42.8 Å². The fourth-order valence-corrected chi connectivity index (χ4v) is 5.79. The lowest BCUT2D eigenvalue weighted by molar-refractivity contribution is 0.102. The Labute approximate surface area is 223 Å². The molecule has 0 saturated carbocycles. The minimum absolute atomic E-state index is 0.300. The van der Waals surface area contributed by atoms with Crippen molar-refractivity contribution in [1.82, 2.24) is 9.61 Å². The van der Waals surface area contributed by atoms with Crippen LogP contribution < -0.4 is 15.1 Å². The Balaban J connectivity index is 1.25. The van der Waals surface area contributed by atoms with E-state index < -0.39 is 11.6 Å². The van der Waals surface area contributed by atoms with Gasteiger partial charge in [-0.2, -0.15) is 5.10 Å². The van der Waals surface area contributed by atoms with Crippen LogP contribution in [0.4, 0.5) is 25.8 Å². The number of nitrogens with one attached hydrogen (secondary N) is 1. The molecule has 2 aromatic carbocycles. The molecule has 2 fully saturated rings. The quantitative estimate of drug-likeness (QED) is 0.355. The molecule has 2 aromatic heterocycles. The Bertz CT molecular complexity index is 1530. The van der Waals surface area contributed by atoms with E-state index in [9.17, 15) is 18.7 Å². The number of halogens is 3. The van der Waals surface area contributed by atoms with Gasteiger partial charge in [0.2, 0.25) is 0 Å². The molecule has 38 heavy (non-hydrogen) atoms. The van der Waals surface area contributed by atoms with Crippen molar-refractivity contribution in [3.05, 3.63) is 88.7 Å². The van der Waals surface area contributed by atoms with Crippen LogP contribution in [0.25, 0.3) is 5.52 Å². The lowest BCUT2D eigenvalue weighted by Gasteiger charge is -2.27. The molecule has 0 radical (unpaired) electrons. The number of rotatable bonds is 5. The maximum atomic E-state index is 14.6. The maximum Gasteiger partial charge on any atom is 0.259 e. The molecule has 4 heterocycles. The molecule has 10 heteroatoms. The lowest BCUT2D eigenvalue weighted by atomic mass is 10.0. The second kappa shape index (κ2) is 9.89. The summed E-state index contributed by atoms with van der Waals surface area (Å²) in [5.41, 5.74) is 3.47. The summed E-state index contributed by atoms with van der Waals surface area (Å²) in [5, 5.41) is 17.5. The minimum atomic E-state index is -0.468. The molecule has 2 aliphatic rings. The number of hydrogen-bond donors (Lipinski definition) is 2. The molecule has 0 bridgehead atoms. The zero-order chi connectivity index (χ0) is 26.4. The smallest absolute Gasteiger partial charge is 0.259 e. The molecule has 2 unspecified atom stereocenters. The van der Waals surface area contributed by atoms with Gasteiger partial charge in [-0.1, -0.05) is 11.6 Å². The molecule has 0 spiro atoms. The highest BCUT2D eigenvalue weighted by Crippen LogP contribution is 2.38. The van der Waals surface area contributed by atoms with Gasteiger partial charge in [0.15, 0.2) is 0 Å². The van der Waals surface area contributed by atoms with Crippen molar-refractivity contribution in [2.75, 3.05) is 34.8 Å². The van der Waals surface area contributed by atoms with Crippen molar-refractivity contribution < 1.29 is 18.7 Å². The van der Waals surface area contributed by atoms with Crippen LogP contribution >= 0.6 is 11.6 Å². The van der Waals surface area contributed by atoms with E-state index in [0.717, 1.165) is 36.5 Å². The SMILES string of the molecule is O=C(Nc1ccc(N2CCC(O)C2)c(Cl)c1)c1cnn2ccc(N3CCCC3c3cc(F)ccc3F)cc12. The van der Waals surface area contributed by atoms with Gasteiger partial charge in [0.25, 0.3) is 5.91 Å². The van der Waals surface area contributed by atoms with Crippen molar-refractivity contribution in [2.24, 2.45) is 0 Å². The molecule has 2 N–H and O–H groups in total. The highest BCUT2D eigenvalue weighted by molar-refractivity contribution is 6.33. The third-order valence-electron chi connectivity index (χ3n) is 7.36. The zero-order valence-corrected chi connectivity index (χ0v) is 21.2. The van der Waals surface area contributed by atoms with Crippen LogP contribution in [-0.4, -0.2) is 46.4 Å². The number of benzene rings is 2. The second-order valence-corrected chi connectivity index (χ2v) is 10.2. The number of carbonyl (C=O) groups excluding carboxylic acids is 1. The summed E-state index contributed by atoms with van der Waals surface area (Å²) in [6.45, 7) is 1.94. The molecule has 196 valence electrons. The number of anilines is 3. The first-order valence-corrected chi connectivity index (χ1v) is 13.0. The van der Waals surface area contributed by atoms with E-state index in [1.165, 1.54) is 12.3 Å². The van der Waals surface area contributed by atoms with Gasteiger partial charge in [-0.25, -0.2) is 13.3 Å². The monoisotopic (exact) mass is 537 g/mol. The van der Waals surface area contributed by atoms with Crippen molar-refractivity contribution in [3.8, 4) is 0 Å². The summed E-state index contributed by atoms with van der Waals surface area (Å²) < 4.78 is 30.1. The third-order valence-corrected chi connectivity index (χ3v) is 7.66. The molecular formula is C28H26ClF2N5O2. The number of aromatic nitrogens is 2. The maximum absolute atomic E-state index is 14.6. The number of pyridine rings is 1. The molecule has 7 nitrogen and oxygen atoms in total. The van der Waals surface area contributed by atoms with Gasteiger partial charge >= 0.3 is 0 Å². The fraction of sp³-hybridized carbons (Fsp3) is 0.286. The van der Waals surface area contributed by atoms with Crippen LogP contribution in [0.1, 0.15) is 41.2 Å². The van der Waals surface area contributed by atoms with Crippen LogP contribution in [0.15, 0.2) is 60.9 Å². The lowest BCUT2D eigenvalue weighted by Crippen LogP contribution is -2.23. The molecule has 0 aliphatic carbocycles. The van der Waals surface area contributed by atoms with Crippen molar-refractivity contribution in [1.29, 1.82) is 0 Å². The van der Waals surface area contributed by atoms with Gasteiger partial charge < -0.3 is 20.2 Å². The highest BCUT2D eigenvalue weighted by Gasteiger charge is 2.29. The van der Waals surface area contributed by atoms with E-state index >= 15 is 0 Å². The van der Waals surface area contributed by atoms with E-state index in [-0.39, 0.29) is 18.1 Å². The largest absolute Gasteiger partial charge is 0.391 e. The normalized spacial score (nSPS) is 19.5. The number of hydrogen-bond acceptors (Lipinski definition) is 5. The van der Waals surface area contributed by atoms with Gasteiger partial charge in [0.1, 0.15) is 11.6 Å². The summed E-state index contributed by atoms with van der Waals surface area (Å²) in [5.74, 6) is -1.24. The zero-order valence-electron chi connectivity index (χ0n) is 20.4. The van der Waals surface area contributed by atoms with E-state index in [1.54, 1.807) is 22.8 Å². The number of fused-ring (bicyclic) bond motifs is 1. The Hall–Kier alpha value is -3.69. The van der Waals surface area contributed by atoms with E-state index in [0.29, 0.717) is 53.3 Å². The summed E-state index contributed by atoms with van der Waals surface area (Å²) in [7, 11) is 0. The standard InChI is InChI=1S/C28H26ClF2N5O2/c29-23-13-18(4-6-26(23)34-10-8-20(37)16-34)33-28(38)22-15-32-36-11-7-19(14-27(22)36)35-9-1-2-25(35)21-12-17(30)3-5-24(21)31/h3-7,11-15,20,25,37H,1-2,8-10,16H2,(H,33,38). The molecule has 4 aromatic rings. The predicted molar refractivity (Wildman–Crippen MR) is 143 cm³/mol. The first kappa shape index (κ1) is 24.6. The first-order valence-electron chi connectivity index (χ1n) is 12.6. The molecule has 2 atom stereocenters. The fourth-order valence-electron chi connectivity index (χ4n) is 5.49. The second-order valence-electron chi connectivity index (χ2n) is 9.80. The van der Waals surface area contributed by atoms with Crippen molar-refractivity contribution in [3.63, 3.8) is 0 Å². The van der Waals surface area contributed by atoms with E-state index in [4.69, 9.17) is 11.6 Å². The minimum Gasteiger partial charge on any atom is -0.391 e. The van der Waals surface area contributed by atoms with E-state index in [2.05, 4.69) is 10.4 Å².